The SMILES string of the molecule is N#Cc1ccc2ccc3c(c2n1)=CCC=CC=3. The van der Waals surface area contributed by atoms with E-state index < -0.39 is 0 Å². The maximum absolute atomic E-state index is 8.91. The lowest BCUT2D eigenvalue weighted by atomic mass is 10.1. The van der Waals surface area contributed by atoms with E-state index in [4.69, 9.17) is 5.26 Å². The number of nitriles is 1. The summed E-state index contributed by atoms with van der Waals surface area (Å²) in [6, 6.07) is 9.94. The Bertz CT molecular complexity index is 777. The first-order valence-electron chi connectivity index (χ1n) is 5.55. The highest BCUT2D eigenvalue weighted by atomic mass is 14.7. The molecule has 0 saturated heterocycles. The molecule has 2 heteroatoms. The molecule has 1 heterocycles. The molecule has 0 N–H and O–H groups in total. The largest absolute Gasteiger partial charge is 0.236 e. The normalized spacial score (nSPS) is 13.1. The van der Waals surface area contributed by atoms with Crippen molar-refractivity contribution in [3.63, 3.8) is 0 Å². The smallest absolute Gasteiger partial charge is 0.141 e. The van der Waals surface area contributed by atoms with Gasteiger partial charge in [-0.1, -0.05) is 36.4 Å². The van der Waals surface area contributed by atoms with Crippen LogP contribution in [0.25, 0.3) is 23.1 Å². The third-order valence-corrected chi connectivity index (χ3v) is 2.92. The molecule has 0 saturated carbocycles. The molecule has 0 aliphatic heterocycles. The van der Waals surface area contributed by atoms with Crippen molar-refractivity contribution in [3.8, 4) is 6.07 Å². The number of nitrogens with zero attached hydrogens (tertiary/aromatic N) is 2. The quantitative estimate of drug-likeness (QED) is 0.674. The number of aromatic nitrogens is 1. The molecule has 1 aromatic carbocycles. The van der Waals surface area contributed by atoms with E-state index in [-0.39, 0.29) is 0 Å². The first-order valence-corrected chi connectivity index (χ1v) is 5.55. The number of fused-ring (bicyclic) bond motifs is 3. The van der Waals surface area contributed by atoms with E-state index in [1.54, 1.807) is 6.07 Å². The molecule has 2 nitrogen and oxygen atoms in total. The van der Waals surface area contributed by atoms with Crippen molar-refractivity contribution in [2.75, 3.05) is 0 Å². The third-order valence-electron chi connectivity index (χ3n) is 2.92. The highest BCUT2D eigenvalue weighted by molar-refractivity contribution is 5.81. The molecular weight excluding hydrogens is 208 g/mol. The van der Waals surface area contributed by atoms with Gasteiger partial charge in [-0.15, -0.1) is 0 Å². The molecule has 0 atom stereocenters. The standard InChI is InChI=1S/C15H10N2/c16-10-13-9-8-12-7-6-11-4-2-1-3-5-14(11)15(12)17-13/h1-2,4-9H,3H2. The van der Waals surface area contributed by atoms with Crippen LogP contribution in [0.1, 0.15) is 12.1 Å². The molecule has 0 bridgehead atoms. The van der Waals surface area contributed by atoms with Crippen LogP contribution in [0.2, 0.25) is 0 Å². The number of hydrogen-bond acceptors (Lipinski definition) is 2. The highest BCUT2D eigenvalue weighted by Crippen LogP contribution is 2.07. The van der Waals surface area contributed by atoms with Gasteiger partial charge in [-0.05, 0) is 23.8 Å². The van der Waals surface area contributed by atoms with Crippen LogP contribution in [-0.2, 0) is 0 Å². The van der Waals surface area contributed by atoms with Gasteiger partial charge < -0.3 is 0 Å². The van der Waals surface area contributed by atoms with Gasteiger partial charge in [0.2, 0.25) is 0 Å². The first-order chi connectivity index (χ1) is 8.38. The summed E-state index contributed by atoms with van der Waals surface area (Å²) < 4.78 is 0. The number of hydrogen-bond donors (Lipinski definition) is 0. The Hall–Kier alpha value is -2.40. The van der Waals surface area contributed by atoms with Crippen molar-refractivity contribution in [2.45, 2.75) is 6.42 Å². The topological polar surface area (TPSA) is 36.7 Å². The van der Waals surface area contributed by atoms with Crippen molar-refractivity contribution in [1.29, 1.82) is 5.26 Å². The summed E-state index contributed by atoms with van der Waals surface area (Å²) in [5.41, 5.74) is 1.39. The zero-order valence-electron chi connectivity index (χ0n) is 9.22. The van der Waals surface area contributed by atoms with Crippen molar-refractivity contribution in [2.24, 2.45) is 0 Å². The Balaban J connectivity index is 2.51. The van der Waals surface area contributed by atoms with Crippen LogP contribution in [-0.4, -0.2) is 4.98 Å². The van der Waals surface area contributed by atoms with Gasteiger partial charge in [-0.25, -0.2) is 4.98 Å². The maximum atomic E-state index is 8.91. The predicted octanol–water partition coefficient (Wildman–Crippen LogP) is 1.63. The predicted molar refractivity (Wildman–Crippen MR) is 68.4 cm³/mol. The minimum absolute atomic E-state index is 0.469. The highest BCUT2D eigenvalue weighted by Gasteiger charge is 2.00. The molecule has 0 spiro atoms. The van der Waals surface area contributed by atoms with Gasteiger partial charge in [-0.2, -0.15) is 5.26 Å². The minimum Gasteiger partial charge on any atom is -0.236 e. The van der Waals surface area contributed by atoms with Crippen LogP contribution in [0.4, 0.5) is 0 Å². The van der Waals surface area contributed by atoms with E-state index in [2.05, 4.69) is 41.4 Å². The molecule has 2 aromatic rings. The molecule has 0 fully saturated rings. The van der Waals surface area contributed by atoms with Crippen LogP contribution >= 0.6 is 0 Å². The fourth-order valence-corrected chi connectivity index (χ4v) is 2.08. The van der Waals surface area contributed by atoms with E-state index in [1.807, 2.05) is 12.1 Å². The number of pyridine rings is 1. The molecule has 3 rings (SSSR count). The van der Waals surface area contributed by atoms with E-state index in [9.17, 15) is 0 Å². The monoisotopic (exact) mass is 218 g/mol. The van der Waals surface area contributed by atoms with Gasteiger partial charge in [0.25, 0.3) is 0 Å². The first kappa shape index (κ1) is 9.80. The second kappa shape index (κ2) is 3.88. The summed E-state index contributed by atoms with van der Waals surface area (Å²) in [5.74, 6) is 0. The Morgan fingerprint density at radius 2 is 2.06 bits per heavy atom. The molecule has 1 aromatic heterocycles. The summed E-state index contributed by atoms with van der Waals surface area (Å²) >= 11 is 0. The zero-order chi connectivity index (χ0) is 11.7. The average molecular weight is 218 g/mol. The van der Waals surface area contributed by atoms with Gasteiger partial charge in [-0.3, -0.25) is 0 Å². The minimum atomic E-state index is 0.469. The van der Waals surface area contributed by atoms with Crippen LogP contribution < -0.4 is 10.4 Å². The van der Waals surface area contributed by atoms with E-state index in [0.717, 1.165) is 27.8 Å². The second-order valence-corrected chi connectivity index (χ2v) is 3.98. The van der Waals surface area contributed by atoms with Gasteiger partial charge in [0.05, 0.1) is 5.52 Å². The number of benzene rings is 1. The van der Waals surface area contributed by atoms with Gasteiger partial charge in [0, 0.05) is 10.6 Å². The van der Waals surface area contributed by atoms with Crippen LogP contribution in [0, 0.1) is 11.3 Å². The summed E-state index contributed by atoms with van der Waals surface area (Å²) in [6.45, 7) is 0. The second-order valence-electron chi connectivity index (χ2n) is 3.98. The van der Waals surface area contributed by atoms with Crippen molar-refractivity contribution < 1.29 is 0 Å². The fourth-order valence-electron chi connectivity index (χ4n) is 2.08. The number of allylic oxidation sites excluding steroid dienone is 2. The fraction of sp³-hybridized carbons (Fsp3) is 0.0667. The molecule has 0 amide bonds. The molecule has 1 aliphatic rings. The van der Waals surface area contributed by atoms with Gasteiger partial charge >= 0.3 is 0 Å². The lowest BCUT2D eigenvalue weighted by Crippen LogP contribution is -2.25. The van der Waals surface area contributed by atoms with Crippen LogP contribution in [0.3, 0.4) is 0 Å². The Morgan fingerprint density at radius 3 is 2.94 bits per heavy atom. The molecule has 1 aliphatic carbocycles. The molecule has 0 unspecified atom stereocenters. The molecule has 80 valence electrons. The van der Waals surface area contributed by atoms with Crippen molar-refractivity contribution in [3.05, 3.63) is 52.5 Å². The van der Waals surface area contributed by atoms with E-state index in [1.165, 1.54) is 0 Å². The van der Waals surface area contributed by atoms with Crippen molar-refractivity contribution in [1.82, 2.24) is 4.98 Å². The molecule has 0 radical (unpaired) electrons. The summed E-state index contributed by atoms with van der Waals surface area (Å²) in [6.07, 6.45) is 9.31. The van der Waals surface area contributed by atoms with Crippen molar-refractivity contribution >= 4 is 23.1 Å². The maximum Gasteiger partial charge on any atom is 0.141 e. The zero-order valence-corrected chi connectivity index (χ0v) is 9.22. The van der Waals surface area contributed by atoms with E-state index in [0.29, 0.717) is 5.69 Å². The molecule has 17 heavy (non-hydrogen) atoms. The summed E-state index contributed by atoms with van der Waals surface area (Å²) in [4.78, 5) is 4.41. The third kappa shape index (κ3) is 1.62. The number of rotatable bonds is 0. The lowest BCUT2D eigenvalue weighted by molar-refractivity contribution is 1.31. The lowest BCUT2D eigenvalue weighted by Gasteiger charge is -1.99. The Labute approximate surface area is 98.8 Å². The van der Waals surface area contributed by atoms with Crippen LogP contribution in [0.15, 0.2) is 36.4 Å². The van der Waals surface area contributed by atoms with Gasteiger partial charge in [0.1, 0.15) is 11.8 Å². The summed E-state index contributed by atoms with van der Waals surface area (Å²) in [7, 11) is 0. The molecular formula is C15H10N2. The van der Waals surface area contributed by atoms with Crippen LogP contribution in [0.5, 0.6) is 0 Å². The van der Waals surface area contributed by atoms with E-state index >= 15 is 0 Å². The Kier molecular flexibility index (Phi) is 2.23. The summed E-state index contributed by atoms with van der Waals surface area (Å²) in [5, 5.41) is 12.3. The Morgan fingerprint density at radius 1 is 1.18 bits per heavy atom. The average Bonchev–Trinajstić information content (AvgIpc) is 2.63. The van der Waals surface area contributed by atoms with Gasteiger partial charge in [0.15, 0.2) is 0 Å².